The standard InChI is InChI=1S/C23H24ClN3O3/c1-23(2,3)27-20(16-7-5-4-6-8-16)14-19(26-27)22(30)25-18-11-9-15(13-17(18)24)10-12-21(28)29/h4-9,11,13-14H,10,12H2,1-3H3,(H,25,30)(H,28,29). The molecule has 2 N–H and O–H groups in total. The molecular weight excluding hydrogens is 402 g/mol. The Morgan fingerprint density at radius 1 is 1.10 bits per heavy atom. The summed E-state index contributed by atoms with van der Waals surface area (Å²) >= 11 is 6.29. The van der Waals surface area contributed by atoms with Crippen LogP contribution in [0.3, 0.4) is 0 Å². The number of nitrogens with zero attached hydrogens (tertiary/aromatic N) is 2. The van der Waals surface area contributed by atoms with E-state index in [-0.39, 0.29) is 23.6 Å². The summed E-state index contributed by atoms with van der Waals surface area (Å²) < 4.78 is 1.84. The van der Waals surface area contributed by atoms with Gasteiger partial charge in [0.2, 0.25) is 0 Å². The van der Waals surface area contributed by atoms with Gasteiger partial charge in [0.15, 0.2) is 5.69 Å². The van der Waals surface area contributed by atoms with Gasteiger partial charge in [-0.15, -0.1) is 0 Å². The molecule has 3 aromatic rings. The fourth-order valence-corrected chi connectivity index (χ4v) is 3.32. The molecule has 3 rings (SSSR count). The number of nitrogens with one attached hydrogen (secondary N) is 1. The van der Waals surface area contributed by atoms with Gasteiger partial charge in [0, 0.05) is 6.42 Å². The highest BCUT2D eigenvalue weighted by atomic mass is 35.5. The van der Waals surface area contributed by atoms with Crippen LogP contribution >= 0.6 is 11.6 Å². The number of hydrogen-bond donors (Lipinski definition) is 2. The van der Waals surface area contributed by atoms with Gasteiger partial charge in [0.1, 0.15) is 0 Å². The fourth-order valence-electron chi connectivity index (χ4n) is 3.07. The van der Waals surface area contributed by atoms with E-state index in [0.717, 1.165) is 16.8 Å². The van der Waals surface area contributed by atoms with Crippen molar-refractivity contribution in [3.63, 3.8) is 0 Å². The van der Waals surface area contributed by atoms with Gasteiger partial charge in [-0.3, -0.25) is 14.3 Å². The zero-order valence-corrected chi connectivity index (χ0v) is 17.9. The van der Waals surface area contributed by atoms with E-state index in [2.05, 4.69) is 10.4 Å². The van der Waals surface area contributed by atoms with Crippen LogP contribution in [0.2, 0.25) is 5.02 Å². The zero-order valence-electron chi connectivity index (χ0n) is 17.1. The van der Waals surface area contributed by atoms with Crippen LogP contribution in [0.4, 0.5) is 5.69 Å². The Balaban J connectivity index is 1.85. The largest absolute Gasteiger partial charge is 0.481 e. The molecule has 30 heavy (non-hydrogen) atoms. The van der Waals surface area contributed by atoms with Crippen molar-refractivity contribution in [1.29, 1.82) is 0 Å². The number of carbonyl (C=O) groups is 2. The van der Waals surface area contributed by atoms with Crippen molar-refractivity contribution in [2.24, 2.45) is 0 Å². The summed E-state index contributed by atoms with van der Waals surface area (Å²) in [6, 6.07) is 16.7. The van der Waals surface area contributed by atoms with Crippen molar-refractivity contribution in [1.82, 2.24) is 9.78 Å². The highest BCUT2D eigenvalue weighted by Gasteiger charge is 2.23. The molecule has 0 atom stereocenters. The molecule has 0 saturated heterocycles. The van der Waals surface area contributed by atoms with Crippen molar-refractivity contribution in [3.05, 3.63) is 70.9 Å². The van der Waals surface area contributed by atoms with Gasteiger partial charge in [0.05, 0.1) is 21.9 Å². The summed E-state index contributed by atoms with van der Waals surface area (Å²) in [5.74, 6) is -1.23. The van der Waals surface area contributed by atoms with Gasteiger partial charge in [-0.05, 0) is 56.5 Å². The third kappa shape index (κ3) is 5.07. The molecule has 0 spiro atoms. The van der Waals surface area contributed by atoms with Crippen LogP contribution in [-0.2, 0) is 16.8 Å². The van der Waals surface area contributed by atoms with E-state index < -0.39 is 5.97 Å². The Bertz CT molecular complexity index is 1070. The van der Waals surface area contributed by atoms with Gasteiger partial charge >= 0.3 is 5.97 Å². The average Bonchev–Trinajstić information content (AvgIpc) is 3.15. The van der Waals surface area contributed by atoms with E-state index in [1.165, 1.54) is 0 Å². The number of rotatable bonds is 6. The van der Waals surface area contributed by atoms with Crippen LogP contribution in [0.1, 0.15) is 43.2 Å². The second-order valence-corrected chi connectivity index (χ2v) is 8.43. The van der Waals surface area contributed by atoms with Crippen LogP contribution in [0.5, 0.6) is 0 Å². The number of aromatic nitrogens is 2. The number of carbonyl (C=O) groups excluding carboxylic acids is 1. The number of amides is 1. The van der Waals surface area contributed by atoms with Crippen LogP contribution in [0.25, 0.3) is 11.3 Å². The van der Waals surface area contributed by atoms with Crippen LogP contribution in [-0.4, -0.2) is 26.8 Å². The van der Waals surface area contributed by atoms with Crippen molar-refractivity contribution in [2.45, 2.75) is 39.2 Å². The lowest BCUT2D eigenvalue weighted by atomic mass is 10.1. The van der Waals surface area contributed by atoms with E-state index in [1.54, 1.807) is 24.3 Å². The molecule has 0 radical (unpaired) electrons. The van der Waals surface area contributed by atoms with Gasteiger partial charge in [-0.2, -0.15) is 5.10 Å². The molecule has 6 nitrogen and oxygen atoms in total. The molecule has 7 heteroatoms. The van der Waals surface area contributed by atoms with E-state index in [1.807, 2.05) is 55.8 Å². The maximum absolute atomic E-state index is 12.9. The van der Waals surface area contributed by atoms with Crippen molar-refractivity contribution in [3.8, 4) is 11.3 Å². The minimum Gasteiger partial charge on any atom is -0.481 e. The molecule has 0 unspecified atom stereocenters. The number of anilines is 1. The number of benzene rings is 2. The van der Waals surface area contributed by atoms with Crippen molar-refractivity contribution in [2.75, 3.05) is 5.32 Å². The second-order valence-electron chi connectivity index (χ2n) is 8.03. The lowest BCUT2D eigenvalue weighted by Gasteiger charge is -2.22. The van der Waals surface area contributed by atoms with Crippen molar-refractivity contribution >= 4 is 29.2 Å². The number of carboxylic acids is 1. The Labute approximate surface area is 180 Å². The van der Waals surface area contributed by atoms with E-state index in [9.17, 15) is 9.59 Å². The maximum Gasteiger partial charge on any atom is 0.303 e. The summed E-state index contributed by atoms with van der Waals surface area (Å²) in [5, 5.41) is 16.5. The Morgan fingerprint density at radius 3 is 2.40 bits per heavy atom. The summed E-state index contributed by atoms with van der Waals surface area (Å²) in [6.45, 7) is 6.09. The molecular formula is C23H24ClN3O3. The zero-order chi connectivity index (χ0) is 21.9. The lowest BCUT2D eigenvalue weighted by Crippen LogP contribution is -2.25. The first-order valence-electron chi connectivity index (χ1n) is 9.62. The molecule has 1 heterocycles. The van der Waals surface area contributed by atoms with Gasteiger partial charge < -0.3 is 10.4 Å². The molecule has 2 aromatic carbocycles. The average molecular weight is 426 g/mol. The molecule has 0 bridgehead atoms. The lowest BCUT2D eigenvalue weighted by molar-refractivity contribution is -0.136. The Hall–Kier alpha value is -3.12. The first-order valence-corrected chi connectivity index (χ1v) is 10.0. The van der Waals surface area contributed by atoms with Crippen LogP contribution < -0.4 is 5.32 Å². The first kappa shape index (κ1) is 21.6. The normalized spacial score (nSPS) is 11.3. The monoisotopic (exact) mass is 425 g/mol. The Kier molecular flexibility index (Phi) is 6.27. The third-order valence-electron chi connectivity index (χ3n) is 4.56. The highest BCUT2D eigenvalue weighted by Crippen LogP contribution is 2.28. The van der Waals surface area contributed by atoms with Crippen LogP contribution in [0.15, 0.2) is 54.6 Å². The molecule has 0 fully saturated rings. The minimum atomic E-state index is -0.868. The van der Waals surface area contributed by atoms with Gasteiger partial charge in [-0.1, -0.05) is 48.0 Å². The number of halogens is 1. The summed E-state index contributed by atoms with van der Waals surface area (Å²) in [6.07, 6.45) is 0.397. The molecule has 156 valence electrons. The smallest absolute Gasteiger partial charge is 0.303 e. The van der Waals surface area contributed by atoms with E-state index in [0.29, 0.717) is 17.1 Å². The summed E-state index contributed by atoms with van der Waals surface area (Å²) in [7, 11) is 0. The molecule has 0 aliphatic heterocycles. The van der Waals surface area contributed by atoms with E-state index >= 15 is 0 Å². The van der Waals surface area contributed by atoms with E-state index in [4.69, 9.17) is 16.7 Å². The number of aryl methyl sites for hydroxylation is 1. The second kappa shape index (κ2) is 8.71. The van der Waals surface area contributed by atoms with Gasteiger partial charge in [0.25, 0.3) is 5.91 Å². The fraction of sp³-hybridized carbons (Fsp3) is 0.261. The number of carboxylic acid groups (broad SMARTS) is 1. The van der Waals surface area contributed by atoms with Crippen molar-refractivity contribution < 1.29 is 14.7 Å². The summed E-state index contributed by atoms with van der Waals surface area (Å²) in [5.41, 5.74) is 3.04. The third-order valence-corrected chi connectivity index (χ3v) is 4.87. The predicted molar refractivity (Wildman–Crippen MR) is 118 cm³/mol. The maximum atomic E-state index is 12.9. The highest BCUT2D eigenvalue weighted by molar-refractivity contribution is 6.34. The summed E-state index contributed by atoms with van der Waals surface area (Å²) in [4.78, 5) is 23.6. The number of aliphatic carboxylic acids is 1. The molecule has 1 aromatic heterocycles. The first-order chi connectivity index (χ1) is 14.1. The van der Waals surface area contributed by atoms with Crippen LogP contribution in [0, 0.1) is 0 Å². The molecule has 0 aliphatic carbocycles. The predicted octanol–water partition coefficient (Wildman–Crippen LogP) is 5.23. The number of hydrogen-bond acceptors (Lipinski definition) is 3. The molecule has 0 aliphatic rings. The quantitative estimate of drug-likeness (QED) is 0.566. The topological polar surface area (TPSA) is 84.2 Å². The minimum absolute atomic E-state index is 0.0224. The molecule has 1 amide bonds. The Morgan fingerprint density at radius 2 is 1.80 bits per heavy atom. The molecule has 0 saturated carbocycles. The van der Waals surface area contributed by atoms with Gasteiger partial charge in [-0.25, -0.2) is 0 Å². The SMILES string of the molecule is CC(C)(C)n1nc(C(=O)Nc2ccc(CCC(=O)O)cc2Cl)cc1-c1ccccc1.